The van der Waals surface area contributed by atoms with Crippen molar-refractivity contribution in [1.82, 2.24) is 25.1 Å². The Labute approximate surface area is 194 Å². The van der Waals surface area contributed by atoms with Gasteiger partial charge in [0.15, 0.2) is 0 Å². The summed E-state index contributed by atoms with van der Waals surface area (Å²) in [7, 11) is 1.68. The van der Waals surface area contributed by atoms with Gasteiger partial charge in [0.2, 0.25) is 5.91 Å². The van der Waals surface area contributed by atoms with Gasteiger partial charge in [0.05, 0.1) is 12.1 Å². The second kappa shape index (κ2) is 10.7. The third-order valence-corrected chi connectivity index (χ3v) is 6.30. The highest BCUT2D eigenvalue weighted by atomic mass is 16.5. The maximum Gasteiger partial charge on any atom is 0.270 e. The molecule has 9 heteroatoms. The van der Waals surface area contributed by atoms with E-state index >= 15 is 0 Å². The Hall–Kier alpha value is -3.04. The van der Waals surface area contributed by atoms with Gasteiger partial charge in [-0.05, 0) is 30.5 Å². The Morgan fingerprint density at radius 1 is 1.21 bits per heavy atom. The van der Waals surface area contributed by atoms with Crippen LogP contribution >= 0.6 is 0 Å². The Kier molecular flexibility index (Phi) is 7.51. The monoisotopic (exact) mass is 452 g/mol. The molecule has 0 radical (unpaired) electrons. The van der Waals surface area contributed by atoms with Gasteiger partial charge in [0, 0.05) is 52.8 Å². The fourth-order valence-corrected chi connectivity index (χ4v) is 4.33. The molecule has 0 spiro atoms. The lowest BCUT2D eigenvalue weighted by molar-refractivity contribution is -0.132. The van der Waals surface area contributed by atoms with Crippen LogP contribution in [0.4, 0.5) is 5.82 Å². The first-order valence-corrected chi connectivity index (χ1v) is 11.5. The van der Waals surface area contributed by atoms with Gasteiger partial charge in [0.25, 0.3) is 5.91 Å². The van der Waals surface area contributed by atoms with Crippen LogP contribution in [-0.4, -0.2) is 83.6 Å². The molecule has 1 unspecified atom stereocenters. The largest absolute Gasteiger partial charge is 0.378 e. The number of nitrogens with one attached hydrogen (secondary N) is 2. The maximum absolute atomic E-state index is 12.7. The van der Waals surface area contributed by atoms with E-state index in [0.717, 1.165) is 32.5 Å². The van der Waals surface area contributed by atoms with E-state index in [0.29, 0.717) is 31.1 Å². The Bertz CT molecular complexity index is 978. The summed E-state index contributed by atoms with van der Waals surface area (Å²) in [6.07, 6.45) is 3.47. The van der Waals surface area contributed by atoms with Crippen LogP contribution in [0.2, 0.25) is 0 Å². The molecule has 1 aromatic heterocycles. The van der Waals surface area contributed by atoms with Crippen molar-refractivity contribution in [3.8, 4) is 0 Å². The number of methoxy groups -OCH3 is 1. The van der Waals surface area contributed by atoms with Gasteiger partial charge in [-0.1, -0.05) is 24.3 Å². The van der Waals surface area contributed by atoms with E-state index in [9.17, 15) is 9.59 Å². The molecule has 0 aliphatic carbocycles. The normalized spacial score (nSPS) is 17.5. The van der Waals surface area contributed by atoms with Crippen LogP contribution < -0.4 is 10.6 Å². The summed E-state index contributed by atoms with van der Waals surface area (Å²) in [6, 6.07) is 10.4. The first-order chi connectivity index (χ1) is 16.0. The third kappa shape index (κ3) is 6.06. The Morgan fingerprint density at radius 2 is 2.00 bits per heavy atom. The highest BCUT2D eigenvalue weighted by Gasteiger charge is 2.28. The molecule has 2 aromatic rings. The molecular weight excluding hydrogens is 420 g/mol. The van der Waals surface area contributed by atoms with Crippen molar-refractivity contribution in [3.05, 3.63) is 53.5 Å². The minimum absolute atomic E-state index is 0.0629. The summed E-state index contributed by atoms with van der Waals surface area (Å²) in [5.41, 5.74) is 3.09. The van der Waals surface area contributed by atoms with Gasteiger partial charge in [-0.15, -0.1) is 0 Å². The van der Waals surface area contributed by atoms with E-state index in [1.54, 1.807) is 25.0 Å². The molecule has 1 atom stereocenters. The highest BCUT2D eigenvalue weighted by Crippen LogP contribution is 2.19. The summed E-state index contributed by atoms with van der Waals surface area (Å²) >= 11 is 0. The number of carbonyl (C=O) groups is 2. The molecule has 2 N–H and O–H groups in total. The molecule has 0 saturated carbocycles. The van der Waals surface area contributed by atoms with Crippen LogP contribution in [0.25, 0.3) is 0 Å². The van der Waals surface area contributed by atoms with E-state index in [2.05, 4.69) is 49.8 Å². The molecule has 1 saturated heterocycles. The Balaban J connectivity index is 1.27. The van der Waals surface area contributed by atoms with E-state index < -0.39 is 0 Å². The predicted octanol–water partition coefficient (Wildman–Crippen LogP) is 1.31. The molecule has 0 bridgehead atoms. The van der Waals surface area contributed by atoms with Gasteiger partial charge in [-0.2, -0.15) is 0 Å². The van der Waals surface area contributed by atoms with Crippen molar-refractivity contribution >= 4 is 17.6 Å². The molecule has 33 heavy (non-hydrogen) atoms. The number of carbonyl (C=O) groups excluding carboxylic acids is 2. The molecular formula is C24H32N6O3. The lowest BCUT2D eigenvalue weighted by Crippen LogP contribution is -2.56. The average molecular weight is 453 g/mol. The van der Waals surface area contributed by atoms with Crippen LogP contribution in [0.15, 0.2) is 36.7 Å². The van der Waals surface area contributed by atoms with E-state index in [4.69, 9.17) is 4.74 Å². The minimum Gasteiger partial charge on any atom is -0.378 e. The van der Waals surface area contributed by atoms with Crippen LogP contribution in [0.3, 0.4) is 0 Å². The summed E-state index contributed by atoms with van der Waals surface area (Å²) in [4.78, 5) is 36.5. The smallest absolute Gasteiger partial charge is 0.270 e. The van der Waals surface area contributed by atoms with Crippen LogP contribution in [0.5, 0.6) is 0 Å². The van der Waals surface area contributed by atoms with Gasteiger partial charge < -0.3 is 20.3 Å². The maximum atomic E-state index is 12.7. The zero-order valence-corrected chi connectivity index (χ0v) is 19.3. The molecule has 3 heterocycles. The van der Waals surface area contributed by atoms with Crippen molar-refractivity contribution in [2.45, 2.75) is 38.5 Å². The molecule has 1 fully saturated rings. The van der Waals surface area contributed by atoms with E-state index in [-0.39, 0.29) is 24.0 Å². The third-order valence-electron chi connectivity index (χ3n) is 6.30. The van der Waals surface area contributed by atoms with Crippen LogP contribution in [0.1, 0.15) is 35.0 Å². The number of ether oxygens (including phenoxy) is 1. The molecule has 1 aromatic carbocycles. The lowest BCUT2D eigenvalue weighted by atomic mass is 10.0. The topological polar surface area (TPSA) is 99.7 Å². The average Bonchev–Trinajstić information content (AvgIpc) is 3.00. The summed E-state index contributed by atoms with van der Waals surface area (Å²) in [5.74, 6) is 0.380. The highest BCUT2D eigenvalue weighted by molar-refractivity contribution is 5.92. The molecule has 2 amide bonds. The van der Waals surface area contributed by atoms with Crippen molar-refractivity contribution in [2.75, 3.05) is 45.2 Å². The minimum atomic E-state index is -0.261. The predicted molar refractivity (Wildman–Crippen MR) is 125 cm³/mol. The van der Waals surface area contributed by atoms with Gasteiger partial charge in [-0.3, -0.25) is 14.5 Å². The number of fused-ring (bicyclic) bond motifs is 1. The fourth-order valence-electron chi connectivity index (χ4n) is 4.33. The molecule has 4 rings (SSSR count). The summed E-state index contributed by atoms with van der Waals surface area (Å²) in [6.45, 7) is 5.88. The second-order valence-corrected chi connectivity index (χ2v) is 8.73. The SMILES string of the molecule is COC(CNC(=O)c1cc(NC2CN(C(C)=O)C2)ncn1)CN1CCCc2ccccc2C1. The second-order valence-electron chi connectivity index (χ2n) is 8.73. The first kappa shape index (κ1) is 23.1. The molecule has 176 valence electrons. The van der Waals surface area contributed by atoms with Crippen LogP contribution in [-0.2, 0) is 22.5 Å². The van der Waals surface area contributed by atoms with Crippen molar-refractivity contribution in [3.63, 3.8) is 0 Å². The Morgan fingerprint density at radius 3 is 2.76 bits per heavy atom. The number of rotatable bonds is 8. The molecule has 9 nitrogen and oxygen atoms in total. The van der Waals surface area contributed by atoms with Gasteiger partial charge in [0.1, 0.15) is 17.8 Å². The van der Waals surface area contributed by atoms with Crippen LogP contribution in [0, 0.1) is 0 Å². The number of nitrogens with zero attached hydrogens (tertiary/aromatic N) is 4. The van der Waals surface area contributed by atoms with Crippen molar-refractivity contribution in [2.24, 2.45) is 0 Å². The standard InChI is InChI=1S/C24H32N6O3/c1-17(31)30-13-20(14-30)28-23-10-22(26-16-27-23)24(32)25-11-21(33-2)15-29-9-5-8-18-6-3-4-7-19(18)12-29/h3-4,6-7,10,16,20-21H,5,8-9,11-15H2,1-2H3,(H,25,32)(H,26,27,28). The van der Waals surface area contributed by atoms with Crippen molar-refractivity contribution < 1.29 is 14.3 Å². The summed E-state index contributed by atoms with van der Waals surface area (Å²) in [5, 5.41) is 6.19. The number of benzene rings is 1. The zero-order valence-electron chi connectivity index (χ0n) is 19.3. The number of amides is 2. The number of likely N-dealkylation sites (tertiary alicyclic amines) is 1. The molecule has 2 aliphatic heterocycles. The van der Waals surface area contributed by atoms with Gasteiger partial charge in [-0.25, -0.2) is 9.97 Å². The lowest BCUT2D eigenvalue weighted by Gasteiger charge is -2.39. The number of aromatic nitrogens is 2. The number of hydrogen-bond acceptors (Lipinski definition) is 7. The fraction of sp³-hybridized carbons (Fsp3) is 0.500. The first-order valence-electron chi connectivity index (χ1n) is 11.5. The van der Waals surface area contributed by atoms with Crippen molar-refractivity contribution in [1.29, 1.82) is 0 Å². The quantitative estimate of drug-likeness (QED) is 0.623. The number of anilines is 1. The zero-order chi connectivity index (χ0) is 23.2. The number of aryl methyl sites for hydroxylation is 1. The van der Waals surface area contributed by atoms with E-state index in [1.807, 2.05) is 0 Å². The summed E-state index contributed by atoms with van der Waals surface area (Å²) < 4.78 is 5.66. The van der Waals surface area contributed by atoms with E-state index in [1.165, 1.54) is 17.5 Å². The number of hydrogen-bond donors (Lipinski definition) is 2. The molecule has 2 aliphatic rings. The van der Waals surface area contributed by atoms with Gasteiger partial charge >= 0.3 is 0 Å².